The second kappa shape index (κ2) is 6.71. The highest BCUT2D eigenvalue weighted by atomic mass is 16.4. The number of hydrogen-bond acceptors (Lipinski definition) is 3. The van der Waals surface area contributed by atoms with Crippen LogP contribution in [0.15, 0.2) is 30.3 Å². The lowest BCUT2D eigenvalue weighted by molar-refractivity contribution is -0.157. The summed E-state index contributed by atoms with van der Waals surface area (Å²) in [6.07, 6.45) is 2.31. The van der Waals surface area contributed by atoms with Crippen LogP contribution in [0.25, 0.3) is 0 Å². The normalized spacial score (nSPS) is 26.4. The highest BCUT2D eigenvalue weighted by Gasteiger charge is 2.43. The molecule has 0 bridgehead atoms. The summed E-state index contributed by atoms with van der Waals surface area (Å²) in [5, 5.41) is 19.6. The highest BCUT2D eigenvalue weighted by Crippen LogP contribution is 2.37. The lowest BCUT2D eigenvalue weighted by Gasteiger charge is -2.40. The van der Waals surface area contributed by atoms with Crippen molar-refractivity contribution in [3.05, 3.63) is 35.9 Å². The molecule has 2 N–H and O–H groups in total. The zero-order chi connectivity index (χ0) is 16.4. The number of aliphatic carboxylic acids is 1. The Morgan fingerprint density at radius 3 is 2.13 bits per heavy atom. The maximum atomic E-state index is 12.4. The zero-order valence-electron chi connectivity index (χ0n) is 13.1. The second-order valence-corrected chi connectivity index (χ2v) is 6.65. The van der Waals surface area contributed by atoms with E-state index in [4.69, 9.17) is 5.11 Å². The van der Waals surface area contributed by atoms with Gasteiger partial charge in [-0.3, -0.25) is 9.59 Å². The molecule has 0 aromatic heterocycles. The molecule has 1 aliphatic carbocycles. The third-order valence-corrected chi connectivity index (χ3v) is 5.35. The van der Waals surface area contributed by atoms with E-state index in [2.05, 4.69) is 0 Å². The summed E-state index contributed by atoms with van der Waals surface area (Å²) in [6, 6.07) is 9.61. The van der Waals surface area contributed by atoms with E-state index in [1.807, 2.05) is 30.3 Å². The maximum absolute atomic E-state index is 12.4. The minimum atomic E-state index is -0.857. The maximum Gasteiger partial charge on any atom is 0.307 e. The van der Waals surface area contributed by atoms with Gasteiger partial charge in [-0.2, -0.15) is 0 Å². The van der Waals surface area contributed by atoms with Crippen LogP contribution in [0.3, 0.4) is 0 Å². The average Bonchev–Trinajstić information content (AvgIpc) is 2.53. The van der Waals surface area contributed by atoms with Gasteiger partial charge < -0.3 is 15.1 Å². The predicted octanol–water partition coefficient (Wildman–Crippen LogP) is 2.07. The second-order valence-electron chi connectivity index (χ2n) is 6.65. The third-order valence-electron chi connectivity index (χ3n) is 5.35. The molecule has 124 valence electrons. The van der Waals surface area contributed by atoms with Crippen LogP contribution in [0.1, 0.15) is 37.4 Å². The van der Waals surface area contributed by atoms with E-state index < -0.39 is 18.0 Å². The number of hydrogen-bond donors (Lipinski definition) is 2. The fourth-order valence-corrected chi connectivity index (χ4v) is 3.68. The Morgan fingerprint density at radius 1 is 1.00 bits per heavy atom. The van der Waals surface area contributed by atoms with Crippen molar-refractivity contribution >= 4 is 11.9 Å². The van der Waals surface area contributed by atoms with Gasteiger partial charge in [0.25, 0.3) is 0 Å². The van der Waals surface area contributed by atoms with Crippen LogP contribution >= 0.6 is 0 Å². The molecular formula is C18H23NO4. The molecule has 1 aromatic carbocycles. The minimum Gasteiger partial charge on any atom is -0.481 e. The molecule has 1 amide bonds. The molecule has 3 atom stereocenters. The van der Waals surface area contributed by atoms with Crippen molar-refractivity contribution in [3.8, 4) is 0 Å². The Hall–Kier alpha value is -1.88. The number of piperidine rings is 1. The van der Waals surface area contributed by atoms with E-state index in [9.17, 15) is 14.7 Å². The van der Waals surface area contributed by atoms with Gasteiger partial charge in [0.2, 0.25) is 5.91 Å². The molecule has 1 saturated carbocycles. The molecule has 1 heterocycles. The summed E-state index contributed by atoms with van der Waals surface area (Å²) in [6.45, 7) is 1.21. The molecule has 1 aliphatic heterocycles. The Bertz CT molecular complexity index is 566. The Morgan fingerprint density at radius 2 is 1.61 bits per heavy atom. The molecule has 0 radical (unpaired) electrons. The fourth-order valence-electron chi connectivity index (χ4n) is 3.68. The van der Waals surface area contributed by atoms with Crippen LogP contribution in [-0.2, 0) is 9.59 Å². The van der Waals surface area contributed by atoms with Gasteiger partial charge in [-0.25, -0.2) is 0 Å². The van der Waals surface area contributed by atoms with Crippen molar-refractivity contribution in [2.45, 2.75) is 31.8 Å². The smallest absolute Gasteiger partial charge is 0.307 e. The van der Waals surface area contributed by atoms with E-state index in [1.54, 1.807) is 4.90 Å². The van der Waals surface area contributed by atoms with Gasteiger partial charge in [0.15, 0.2) is 0 Å². The number of nitrogens with zero attached hydrogens (tertiary/aromatic N) is 1. The lowest BCUT2D eigenvalue weighted by atomic mass is 9.72. The van der Waals surface area contributed by atoms with Crippen molar-refractivity contribution in [2.24, 2.45) is 17.8 Å². The number of amides is 1. The van der Waals surface area contributed by atoms with Crippen molar-refractivity contribution in [1.82, 2.24) is 4.90 Å². The number of carbonyl (C=O) groups is 2. The molecule has 5 heteroatoms. The molecule has 0 spiro atoms. The van der Waals surface area contributed by atoms with E-state index in [0.717, 1.165) is 18.4 Å². The van der Waals surface area contributed by atoms with Gasteiger partial charge in [-0.05, 0) is 37.2 Å². The van der Waals surface area contributed by atoms with Gasteiger partial charge in [0.1, 0.15) is 0 Å². The number of aliphatic hydroxyl groups excluding tert-OH is 1. The molecule has 1 aromatic rings. The molecule has 1 saturated heterocycles. The van der Waals surface area contributed by atoms with E-state index in [-0.39, 0.29) is 17.7 Å². The molecule has 5 nitrogen and oxygen atoms in total. The van der Waals surface area contributed by atoms with Crippen LogP contribution in [0.5, 0.6) is 0 Å². The topological polar surface area (TPSA) is 77.8 Å². The summed E-state index contributed by atoms with van der Waals surface area (Å²) in [7, 11) is 0. The number of benzene rings is 1. The minimum absolute atomic E-state index is 0.0173. The highest BCUT2D eigenvalue weighted by molar-refractivity contribution is 5.86. The fraction of sp³-hybridized carbons (Fsp3) is 0.556. The number of carbonyl (C=O) groups excluding carboxylic acids is 1. The molecular weight excluding hydrogens is 294 g/mol. The number of aliphatic hydroxyl groups is 1. The number of carboxylic acid groups (broad SMARTS) is 1. The van der Waals surface area contributed by atoms with Gasteiger partial charge in [-0.15, -0.1) is 0 Å². The largest absolute Gasteiger partial charge is 0.481 e. The first kappa shape index (κ1) is 16.0. The SMILES string of the molecule is O=C(O)C1CCC1C(=O)N1CCC(C(O)c2ccccc2)CC1. The predicted molar refractivity (Wildman–Crippen MR) is 84.6 cm³/mol. The summed E-state index contributed by atoms with van der Waals surface area (Å²) < 4.78 is 0. The standard InChI is InChI=1S/C18H23NO4/c20-16(12-4-2-1-3-5-12)13-8-10-19(11-9-13)17(21)14-6-7-15(14)18(22)23/h1-5,13-16,20H,6-11H2,(H,22,23). The van der Waals surface area contributed by atoms with Crippen LogP contribution in [0.2, 0.25) is 0 Å². The quantitative estimate of drug-likeness (QED) is 0.891. The summed E-state index contributed by atoms with van der Waals surface area (Å²) in [4.78, 5) is 25.3. The van der Waals surface area contributed by atoms with Gasteiger partial charge in [-0.1, -0.05) is 30.3 Å². The first-order chi connectivity index (χ1) is 11.1. The Kier molecular flexibility index (Phi) is 4.66. The summed E-state index contributed by atoms with van der Waals surface area (Å²) >= 11 is 0. The lowest BCUT2D eigenvalue weighted by Crippen LogP contribution is -2.48. The third kappa shape index (κ3) is 3.24. The first-order valence-electron chi connectivity index (χ1n) is 8.32. The van der Waals surface area contributed by atoms with E-state index >= 15 is 0 Å². The molecule has 3 unspecified atom stereocenters. The average molecular weight is 317 g/mol. The van der Waals surface area contributed by atoms with Crippen molar-refractivity contribution in [3.63, 3.8) is 0 Å². The zero-order valence-corrected chi connectivity index (χ0v) is 13.1. The van der Waals surface area contributed by atoms with Crippen LogP contribution in [0, 0.1) is 17.8 Å². The van der Waals surface area contributed by atoms with Crippen molar-refractivity contribution in [2.75, 3.05) is 13.1 Å². The van der Waals surface area contributed by atoms with Crippen molar-refractivity contribution in [1.29, 1.82) is 0 Å². The molecule has 23 heavy (non-hydrogen) atoms. The summed E-state index contributed by atoms with van der Waals surface area (Å²) in [5.74, 6) is -1.57. The van der Waals surface area contributed by atoms with Gasteiger partial charge in [0.05, 0.1) is 17.9 Å². The first-order valence-corrected chi connectivity index (χ1v) is 8.32. The van der Waals surface area contributed by atoms with Crippen LogP contribution in [0.4, 0.5) is 0 Å². The Balaban J connectivity index is 1.54. The van der Waals surface area contributed by atoms with Crippen molar-refractivity contribution < 1.29 is 19.8 Å². The monoisotopic (exact) mass is 317 g/mol. The molecule has 3 rings (SSSR count). The van der Waals surface area contributed by atoms with Crippen LogP contribution < -0.4 is 0 Å². The summed E-state index contributed by atoms with van der Waals surface area (Å²) in [5.41, 5.74) is 0.919. The van der Waals surface area contributed by atoms with Crippen LogP contribution in [-0.4, -0.2) is 40.1 Å². The molecule has 2 fully saturated rings. The van der Waals surface area contributed by atoms with E-state index in [0.29, 0.717) is 25.9 Å². The van der Waals surface area contributed by atoms with E-state index in [1.165, 1.54) is 0 Å². The number of likely N-dealkylation sites (tertiary alicyclic amines) is 1. The van der Waals surface area contributed by atoms with Gasteiger partial charge >= 0.3 is 5.97 Å². The number of carboxylic acids is 1. The number of rotatable bonds is 4. The molecule has 2 aliphatic rings. The van der Waals surface area contributed by atoms with Gasteiger partial charge in [0, 0.05) is 13.1 Å². The Labute approximate surface area is 135 Å².